The third-order valence-corrected chi connectivity index (χ3v) is 4.58. The molecular weight excluding hydrogens is 266 g/mol. The summed E-state index contributed by atoms with van der Waals surface area (Å²) >= 11 is 1.73. The highest BCUT2D eigenvalue weighted by molar-refractivity contribution is 7.16. The van der Waals surface area contributed by atoms with E-state index in [4.69, 9.17) is 10.7 Å². The number of nitrogens with zero attached hydrogens (tertiary/aromatic N) is 1. The van der Waals surface area contributed by atoms with Gasteiger partial charge in [0.05, 0.1) is 5.69 Å². The van der Waals surface area contributed by atoms with E-state index in [-0.39, 0.29) is 0 Å². The lowest BCUT2D eigenvalue weighted by atomic mass is 10.1. The smallest absolute Gasteiger partial charge is 0.118 e. The molecule has 20 heavy (non-hydrogen) atoms. The Morgan fingerprint density at radius 1 is 1.30 bits per heavy atom. The highest BCUT2D eigenvalue weighted by atomic mass is 32.1. The molecule has 104 valence electrons. The van der Waals surface area contributed by atoms with Gasteiger partial charge in [0.1, 0.15) is 10.0 Å². The Labute approximate surface area is 123 Å². The number of hydrogen-bond acceptors (Lipinski definition) is 4. The third-order valence-electron chi connectivity index (χ3n) is 3.56. The Morgan fingerprint density at radius 3 is 3.05 bits per heavy atom. The van der Waals surface area contributed by atoms with Crippen molar-refractivity contribution in [1.29, 1.82) is 0 Å². The Balaban J connectivity index is 1.80. The molecule has 1 aromatic carbocycles. The molecule has 0 spiro atoms. The zero-order valence-corrected chi connectivity index (χ0v) is 12.5. The Bertz CT molecular complexity index is 620. The first-order chi connectivity index (χ1) is 9.72. The molecule has 0 unspecified atom stereocenters. The number of benzene rings is 1. The molecule has 2 aromatic rings. The molecule has 3 N–H and O–H groups in total. The number of rotatable bonds is 2. The van der Waals surface area contributed by atoms with Gasteiger partial charge in [-0.2, -0.15) is 0 Å². The summed E-state index contributed by atoms with van der Waals surface area (Å²) in [6.07, 6.45) is 7.70. The summed E-state index contributed by atoms with van der Waals surface area (Å²) in [6, 6.07) is 6.13. The molecule has 1 aliphatic rings. The van der Waals surface area contributed by atoms with Gasteiger partial charge >= 0.3 is 0 Å². The van der Waals surface area contributed by atoms with Gasteiger partial charge in [0.2, 0.25) is 0 Å². The SMILES string of the molecule is Cc1ccc(C=Cc2nc3c(s2)NCCCC3)cc1N. The van der Waals surface area contributed by atoms with Crippen LogP contribution in [0.4, 0.5) is 10.7 Å². The second-order valence-electron chi connectivity index (χ2n) is 5.16. The number of aryl methyl sites for hydroxylation is 2. The van der Waals surface area contributed by atoms with Crippen molar-refractivity contribution >= 4 is 34.2 Å². The van der Waals surface area contributed by atoms with Gasteiger partial charge in [-0.3, -0.25) is 0 Å². The zero-order chi connectivity index (χ0) is 13.9. The van der Waals surface area contributed by atoms with Crippen molar-refractivity contribution < 1.29 is 0 Å². The van der Waals surface area contributed by atoms with Crippen molar-refractivity contribution in [1.82, 2.24) is 4.98 Å². The maximum absolute atomic E-state index is 5.93. The topological polar surface area (TPSA) is 50.9 Å². The van der Waals surface area contributed by atoms with E-state index in [9.17, 15) is 0 Å². The highest BCUT2D eigenvalue weighted by Crippen LogP contribution is 2.29. The molecule has 0 amide bonds. The molecule has 0 atom stereocenters. The van der Waals surface area contributed by atoms with Crippen LogP contribution in [0.25, 0.3) is 12.2 Å². The second-order valence-corrected chi connectivity index (χ2v) is 6.19. The van der Waals surface area contributed by atoms with Crippen molar-refractivity contribution in [2.45, 2.75) is 26.2 Å². The average molecular weight is 285 g/mol. The van der Waals surface area contributed by atoms with Crippen molar-refractivity contribution in [3.8, 4) is 0 Å². The van der Waals surface area contributed by atoms with Crippen LogP contribution in [0.1, 0.15) is 34.7 Å². The number of thiazole rings is 1. The minimum absolute atomic E-state index is 0.837. The maximum atomic E-state index is 5.93. The van der Waals surface area contributed by atoms with E-state index >= 15 is 0 Å². The number of hydrogen-bond donors (Lipinski definition) is 2. The van der Waals surface area contributed by atoms with Gasteiger partial charge in [0.25, 0.3) is 0 Å². The summed E-state index contributed by atoms with van der Waals surface area (Å²) in [6.45, 7) is 3.08. The van der Waals surface area contributed by atoms with Crippen molar-refractivity contribution in [2.75, 3.05) is 17.6 Å². The molecule has 0 saturated heterocycles. The lowest BCUT2D eigenvalue weighted by molar-refractivity contribution is 0.774. The molecule has 3 rings (SSSR count). The normalized spacial score (nSPS) is 14.8. The fourth-order valence-corrected chi connectivity index (χ4v) is 3.24. The lowest BCUT2D eigenvalue weighted by Crippen LogP contribution is -1.96. The van der Waals surface area contributed by atoms with Crippen molar-refractivity contribution in [3.63, 3.8) is 0 Å². The number of nitrogens with one attached hydrogen (secondary N) is 1. The molecule has 3 nitrogen and oxygen atoms in total. The van der Waals surface area contributed by atoms with Crippen LogP contribution >= 0.6 is 11.3 Å². The number of nitrogen functional groups attached to an aromatic ring is 1. The van der Waals surface area contributed by atoms with E-state index in [1.165, 1.54) is 23.5 Å². The second kappa shape index (κ2) is 5.67. The average Bonchev–Trinajstić information content (AvgIpc) is 2.70. The summed E-state index contributed by atoms with van der Waals surface area (Å²) in [7, 11) is 0. The fourth-order valence-electron chi connectivity index (χ4n) is 2.30. The van der Waals surface area contributed by atoms with E-state index in [1.54, 1.807) is 11.3 Å². The monoisotopic (exact) mass is 285 g/mol. The quantitative estimate of drug-likeness (QED) is 0.821. The largest absolute Gasteiger partial charge is 0.398 e. The first kappa shape index (κ1) is 13.2. The van der Waals surface area contributed by atoms with Crippen LogP contribution in [0.3, 0.4) is 0 Å². The molecule has 1 aliphatic heterocycles. The van der Waals surface area contributed by atoms with Crippen molar-refractivity contribution in [2.24, 2.45) is 0 Å². The molecule has 0 saturated carbocycles. The zero-order valence-electron chi connectivity index (χ0n) is 11.6. The summed E-state index contributed by atoms with van der Waals surface area (Å²) in [4.78, 5) is 4.70. The highest BCUT2D eigenvalue weighted by Gasteiger charge is 2.12. The van der Waals surface area contributed by atoms with E-state index in [1.807, 2.05) is 19.1 Å². The van der Waals surface area contributed by atoms with Crippen LogP contribution in [0, 0.1) is 6.92 Å². The van der Waals surface area contributed by atoms with Gasteiger partial charge in [-0.25, -0.2) is 4.98 Å². The Hall–Kier alpha value is -1.81. The number of anilines is 2. The number of fused-ring (bicyclic) bond motifs is 1. The van der Waals surface area contributed by atoms with Gasteiger partial charge in [-0.15, -0.1) is 0 Å². The van der Waals surface area contributed by atoms with Gasteiger partial charge in [-0.1, -0.05) is 29.5 Å². The summed E-state index contributed by atoms with van der Waals surface area (Å²) in [5, 5.41) is 5.76. The van der Waals surface area contributed by atoms with Crippen LogP contribution in [-0.4, -0.2) is 11.5 Å². The van der Waals surface area contributed by atoms with E-state index in [0.29, 0.717) is 0 Å². The first-order valence-electron chi connectivity index (χ1n) is 7.00. The van der Waals surface area contributed by atoms with Crippen LogP contribution in [0.15, 0.2) is 18.2 Å². The first-order valence-corrected chi connectivity index (χ1v) is 7.82. The molecular formula is C16H19N3S. The minimum Gasteiger partial charge on any atom is -0.398 e. The lowest BCUT2D eigenvalue weighted by Gasteiger charge is -2.00. The molecule has 0 fully saturated rings. The predicted octanol–water partition coefficient (Wildman–Crippen LogP) is 3.95. The van der Waals surface area contributed by atoms with Gasteiger partial charge in [0, 0.05) is 12.2 Å². The standard InChI is InChI=1S/C16H19N3S/c1-11-5-6-12(10-13(11)17)7-8-15-19-14-4-2-3-9-18-16(14)20-15/h5-8,10,18H,2-4,9,17H2,1H3. The van der Waals surface area contributed by atoms with Gasteiger partial charge in [-0.05, 0) is 49.5 Å². The molecule has 1 aromatic heterocycles. The third kappa shape index (κ3) is 2.85. The van der Waals surface area contributed by atoms with Gasteiger partial charge in [0.15, 0.2) is 0 Å². The van der Waals surface area contributed by atoms with Crippen LogP contribution in [0.5, 0.6) is 0 Å². The minimum atomic E-state index is 0.837. The van der Waals surface area contributed by atoms with Crippen LogP contribution < -0.4 is 11.1 Å². The van der Waals surface area contributed by atoms with E-state index in [2.05, 4.69) is 23.5 Å². The van der Waals surface area contributed by atoms with Crippen LogP contribution in [-0.2, 0) is 6.42 Å². The number of nitrogens with two attached hydrogens (primary N) is 1. The molecule has 4 heteroatoms. The van der Waals surface area contributed by atoms with Crippen LogP contribution in [0.2, 0.25) is 0 Å². The molecule has 2 heterocycles. The van der Waals surface area contributed by atoms with E-state index in [0.717, 1.165) is 34.8 Å². The Morgan fingerprint density at radius 2 is 2.20 bits per heavy atom. The molecule has 0 radical (unpaired) electrons. The summed E-state index contributed by atoms with van der Waals surface area (Å²) in [5.41, 5.74) is 10.2. The summed E-state index contributed by atoms with van der Waals surface area (Å²) < 4.78 is 0. The summed E-state index contributed by atoms with van der Waals surface area (Å²) in [5.74, 6) is 0. The van der Waals surface area contributed by atoms with E-state index < -0.39 is 0 Å². The van der Waals surface area contributed by atoms with Gasteiger partial charge < -0.3 is 11.1 Å². The molecule has 0 bridgehead atoms. The van der Waals surface area contributed by atoms with Crippen molar-refractivity contribution in [3.05, 3.63) is 40.0 Å². The maximum Gasteiger partial charge on any atom is 0.118 e. The Kier molecular flexibility index (Phi) is 3.74. The molecule has 0 aliphatic carbocycles. The number of aromatic nitrogens is 1. The predicted molar refractivity (Wildman–Crippen MR) is 88.1 cm³/mol. The fraction of sp³-hybridized carbons (Fsp3) is 0.312.